The molecule has 0 spiro atoms. The Bertz CT molecular complexity index is 1310. The smallest absolute Gasteiger partial charge is 0.249 e. The van der Waals surface area contributed by atoms with Gasteiger partial charge in [-0.3, -0.25) is 9.59 Å². The molecule has 0 bridgehead atoms. The molecule has 49 heavy (non-hydrogen) atoms. The summed E-state index contributed by atoms with van der Waals surface area (Å²) in [6.07, 6.45) is 13.2. The molecule has 2 aliphatic carbocycles. The monoisotopic (exact) mass is 682 g/mol. The number of nitrogens with zero attached hydrogens (tertiary/aromatic N) is 5. The van der Waals surface area contributed by atoms with Gasteiger partial charge in [-0.25, -0.2) is 4.98 Å². The summed E-state index contributed by atoms with van der Waals surface area (Å²) >= 11 is 0. The molecular formula is C39H67N7O3. The fraction of sp³-hybridized carbons (Fsp3) is 0.692. The predicted octanol–water partition coefficient (Wildman–Crippen LogP) is 7.95. The van der Waals surface area contributed by atoms with Crippen LogP contribution < -0.4 is 25.2 Å². The first-order chi connectivity index (χ1) is 23.7. The first-order valence-corrected chi connectivity index (χ1v) is 19.0. The number of carbonyl (C=O) groups is 2. The van der Waals surface area contributed by atoms with E-state index in [1.165, 1.54) is 77.7 Å². The molecule has 2 N–H and O–H groups in total. The Morgan fingerprint density at radius 1 is 1.08 bits per heavy atom. The second-order valence-electron chi connectivity index (χ2n) is 13.8. The number of hydrogen-bond donors (Lipinski definition) is 2. The van der Waals surface area contributed by atoms with Crippen molar-refractivity contribution in [1.82, 2.24) is 20.2 Å². The molecule has 1 aromatic heterocycles. The van der Waals surface area contributed by atoms with Gasteiger partial charge in [0.15, 0.2) is 11.6 Å². The molecule has 2 aromatic rings. The first-order valence-electron chi connectivity index (χ1n) is 19.0. The van der Waals surface area contributed by atoms with Crippen LogP contribution in [0.4, 0.5) is 23.1 Å². The summed E-state index contributed by atoms with van der Waals surface area (Å²) in [5.74, 6) is 3.84. The van der Waals surface area contributed by atoms with Gasteiger partial charge in [-0.15, -0.1) is 0 Å². The van der Waals surface area contributed by atoms with Crippen LogP contribution in [0, 0.1) is 11.8 Å². The largest absolute Gasteiger partial charge is 0.495 e. The molecule has 2 aliphatic heterocycles. The summed E-state index contributed by atoms with van der Waals surface area (Å²) in [5, 5.41) is 6.55. The van der Waals surface area contributed by atoms with Gasteiger partial charge >= 0.3 is 0 Å². The van der Waals surface area contributed by atoms with Gasteiger partial charge in [0.25, 0.3) is 0 Å². The van der Waals surface area contributed by atoms with Crippen LogP contribution in [0.25, 0.3) is 0 Å². The molecule has 3 heterocycles. The Morgan fingerprint density at radius 3 is 2.29 bits per heavy atom. The quantitative estimate of drug-likeness (QED) is 0.255. The summed E-state index contributed by atoms with van der Waals surface area (Å²) in [7, 11) is 3.31. The highest BCUT2D eigenvalue weighted by atomic mass is 16.5. The third kappa shape index (κ3) is 11.7. The van der Waals surface area contributed by atoms with Crippen molar-refractivity contribution in [3.63, 3.8) is 0 Å². The van der Waals surface area contributed by atoms with E-state index in [0.717, 1.165) is 11.8 Å². The lowest BCUT2D eigenvalue weighted by Crippen LogP contribution is -2.54. The van der Waals surface area contributed by atoms with Crippen LogP contribution in [0.1, 0.15) is 118 Å². The zero-order valence-corrected chi connectivity index (χ0v) is 32.0. The molecule has 3 fully saturated rings. The summed E-state index contributed by atoms with van der Waals surface area (Å²) in [6, 6.07) is 5.10. The second-order valence-corrected chi connectivity index (χ2v) is 13.8. The van der Waals surface area contributed by atoms with E-state index in [2.05, 4.69) is 27.4 Å². The van der Waals surface area contributed by atoms with Crippen LogP contribution in [0.5, 0.6) is 5.75 Å². The van der Waals surface area contributed by atoms with E-state index in [1.807, 2.05) is 46.4 Å². The summed E-state index contributed by atoms with van der Waals surface area (Å²) in [4.78, 5) is 40.2. The lowest BCUT2D eigenvalue weighted by Gasteiger charge is -2.42. The number of amides is 1. The minimum absolute atomic E-state index is 0. The maximum absolute atomic E-state index is 12.8. The van der Waals surface area contributed by atoms with Crippen molar-refractivity contribution >= 4 is 34.8 Å². The van der Waals surface area contributed by atoms with Crippen molar-refractivity contribution in [1.29, 1.82) is 0 Å². The Balaban J connectivity index is 0.000000350. The van der Waals surface area contributed by atoms with E-state index in [4.69, 9.17) is 9.72 Å². The van der Waals surface area contributed by atoms with Crippen LogP contribution in [0.3, 0.4) is 0 Å². The molecule has 1 saturated heterocycles. The Hall–Kier alpha value is -3.24. The number of piperazine rings is 1. The highest BCUT2D eigenvalue weighted by Gasteiger charge is 2.38. The zero-order valence-electron chi connectivity index (χ0n) is 32.0. The van der Waals surface area contributed by atoms with Crippen molar-refractivity contribution < 1.29 is 15.8 Å². The fourth-order valence-electron chi connectivity index (χ4n) is 6.60. The number of anilines is 4. The number of Topliss-reactive ketones (excluding diaryl/α,β-unsaturated/α-hetero) is 1. The number of nitrogens with one attached hydrogen (secondary N) is 2. The maximum atomic E-state index is 12.8. The molecule has 0 unspecified atom stereocenters. The van der Waals surface area contributed by atoms with Crippen molar-refractivity contribution in [2.24, 2.45) is 11.8 Å². The molecule has 276 valence electrons. The van der Waals surface area contributed by atoms with E-state index in [1.54, 1.807) is 43.5 Å². The van der Waals surface area contributed by atoms with E-state index in [0.29, 0.717) is 47.3 Å². The Labute approximate surface area is 298 Å². The SMILES string of the molecule is C1CN(CC2CC2)CCN1.CC.CC1CCCCC1.CCC(=O)c1ccc(Nc2ncc3c(n2)N(C(C)C)[C@H](CC)C(=O)N3C)c(OC)c1.[HH]. The fourth-order valence-corrected chi connectivity index (χ4v) is 6.60. The number of benzene rings is 1. The van der Waals surface area contributed by atoms with Crippen LogP contribution in [0.2, 0.25) is 0 Å². The highest BCUT2D eigenvalue weighted by molar-refractivity contribution is 6.04. The standard InChI is InChI=1S/C22H29N5O3.C8H16N2.C7H14.C2H6.H2/c1-7-16-21(29)26(5)17-12-23-22(25-20(17)27(16)13(3)4)24-15-10-9-14(18(28)8-2)11-19(15)30-6;1-2-8(1)7-10-5-3-9-4-6-10;1-7-5-3-2-4-6-7;1-2;/h9-13,16H,7-8H2,1-6H3,(H,23,24,25);8-9H,1-7H2;7H,2-6H2,1H3;1-2H3;1H/t16-;;;;/m1..../s1. The third-order valence-corrected chi connectivity index (χ3v) is 9.66. The molecular weight excluding hydrogens is 614 g/mol. The summed E-state index contributed by atoms with van der Waals surface area (Å²) in [5.41, 5.74) is 1.94. The number of ketones is 1. The van der Waals surface area contributed by atoms with Crippen molar-refractivity contribution in [2.75, 3.05) is 62.0 Å². The van der Waals surface area contributed by atoms with Crippen molar-refractivity contribution in [3.05, 3.63) is 30.0 Å². The highest BCUT2D eigenvalue weighted by Crippen LogP contribution is 2.37. The van der Waals surface area contributed by atoms with Gasteiger partial charge in [-0.1, -0.05) is 66.7 Å². The van der Waals surface area contributed by atoms with Gasteiger partial charge in [0.05, 0.1) is 19.0 Å². The number of ether oxygens (including phenoxy) is 1. The summed E-state index contributed by atoms with van der Waals surface area (Å²) in [6.45, 7) is 20.6. The minimum atomic E-state index is -0.265. The van der Waals surface area contributed by atoms with E-state index < -0.39 is 0 Å². The third-order valence-electron chi connectivity index (χ3n) is 9.66. The molecule has 0 radical (unpaired) electrons. The zero-order chi connectivity index (χ0) is 35.9. The number of rotatable bonds is 9. The van der Waals surface area contributed by atoms with Gasteiger partial charge in [0.1, 0.15) is 17.5 Å². The molecule has 1 aromatic carbocycles. The predicted molar refractivity (Wildman–Crippen MR) is 206 cm³/mol. The van der Waals surface area contributed by atoms with Gasteiger partial charge in [0.2, 0.25) is 11.9 Å². The number of methoxy groups -OCH3 is 1. The molecule has 1 amide bonds. The summed E-state index contributed by atoms with van der Waals surface area (Å²) < 4.78 is 5.46. The van der Waals surface area contributed by atoms with Crippen LogP contribution in [-0.4, -0.2) is 85.5 Å². The van der Waals surface area contributed by atoms with E-state index in [9.17, 15) is 9.59 Å². The molecule has 2 saturated carbocycles. The van der Waals surface area contributed by atoms with Crippen molar-refractivity contribution in [2.45, 2.75) is 118 Å². The number of likely N-dealkylation sites (N-methyl/N-ethyl adjacent to an activating group) is 1. The number of carbonyl (C=O) groups excluding carboxylic acids is 2. The molecule has 10 nitrogen and oxygen atoms in total. The maximum Gasteiger partial charge on any atom is 0.249 e. The van der Waals surface area contributed by atoms with Gasteiger partial charge in [-0.2, -0.15) is 4.98 Å². The Morgan fingerprint density at radius 2 is 1.76 bits per heavy atom. The molecule has 1 atom stereocenters. The van der Waals surface area contributed by atoms with Crippen LogP contribution >= 0.6 is 0 Å². The number of aromatic nitrogens is 2. The number of fused-ring (bicyclic) bond motifs is 1. The minimum Gasteiger partial charge on any atom is -0.495 e. The first kappa shape index (κ1) is 40.2. The van der Waals surface area contributed by atoms with Gasteiger partial charge in [0, 0.05) is 59.2 Å². The Kier molecular flexibility index (Phi) is 16.8. The van der Waals surface area contributed by atoms with Crippen molar-refractivity contribution in [3.8, 4) is 5.75 Å². The average molecular weight is 682 g/mol. The number of hydrogen-bond acceptors (Lipinski definition) is 9. The lowest BCUT2D eigenvalue weighted by atomic mass is 9.91. The molecule has 10 heteroatoms. The molecule has 6 rings (SSSR count). The normalized spacial score (nSPS) is 19.4. The van der Waals surface area contributed by atoms with Gasteiger partial charge in [-0.05, 0) is 63.1 Å². The average Bonchev–Trinajstić information content (AvgIpc) is 3.95. The molecule has 4 aliphatic rings. The van der Waals surface area contributed by atoms with Crippen LogP contribution in [-0.2, 0) is 4.79 Å². The van der Waals surface area contributed by atoms with Crippen LogP contribution in [0.15, 0.2) is 24.4 Å². The second kappa shape index (κ2) is 20.4. The van der Waals surface area contributed by atoms with E-state index in [-0.39, 0.29) is 25.2 Å². The van der Waals surface area contributed by atoms with Gasteiger partial charge < -0.3 is 30.1 Å². The lowest BCUT2D eigenvalue weighted by molar-refractivity contribution is -0.120. The van der Waals surface area contributed by atoms with E-state index >= 15 is 0 Å². The topological polar surface area (TPSA) is 103 Å².